The second-order valence-electron chi connectivity index (χ2n) is 35.1. The molecule has 41 heteroatoms. The number of hydrogen-bond donors (Lipinski definition) is 6. The van der Waals surface area contributed by atoms with Crippen LogP contribution in [0.5, 0.6) is 0 Å². The van der Waals surface area contributed by atoms with Gasteiger partial charge in [0.05, 0.1) is 73.0 Å². The van der Waals surface area contributed by atoms with Crippen LogP contribution in [0.1, 0.15) is 282 Å². The smallest absolute Gasteiger partial charge is 0.515 e. The van der Waals surface area contributed by atoms with E-state index in [1.165, 1.54) is 85.2 Å². The number of ether oxygens (including phenoxy) is 6. The van der Waals surface area contributed by atoms with Gasteiger partial charge < -0.3 is 57.2 Å². The number of hydrazone groups is 2. The molecule has 2 aliphatic heterocycles. The van der Waals surface area contributed by atoms with Gasteiger partial charge in [-0.25, -0.2) is 39.8 Å². The van der Waals surface area contributed by atoms with E-state index in [-0.39, 0.29) is 135 Å². The van der Waals surface area contributed by atoms with Gasteiger partial charge >= 0.3 is 56.1 Å². The number of hydrogen-bond acceptors (Lipinski definition) is 26. The number of halogens is 8. The van der Waals surface area contributed by atoms with Crippen molar-refractivity contribution in [1.82, 2.24) is 20.5 Å². The average Bonchev–Trinajstić information content (AvgIpc) is 1.68. The molecule has 0 unspecified atom stereocenters. The third-order valence-electron chi connectivity index (χ3n) is 25.0. The molecule has 0 aromatic heterocycles. The molecule has 7 aliphatic carbocycles. The second kappa shape index (κ2) is 65.6. The Hall–Kier alpha value is -9.87. The van der Waals surface area contributed by atoms with Gasteiger partial charge in [-0.05, 0) is 236 Å². The minimum Gasteiger partial charge on any atom is -1.00 e. The lowest BCUT2D eigenvalue weighted by Gasteiger charge is -2.26. The number of hydrazine groups is 1. The normalized spacial score (nSPS) is 16.7. The van der Waals surface area contributed by atoms with Crippen LogP contribution in [0, 0.1) is 41.4 Å². The third kappa shape index (κ3) is 42.6. The van der Waals surface area contributed by atoms with E-state index >= 15 is 0 Å². The number of carbonyl (C=O) groups is 13. The zero-order valence-electron chi connectivity index (χ0n) is 81.7. The first-order valence-electron chi connectivity index (χ1n) is 49.1. The summed E-state index contributed by atoms with van der Waals surface area (Å²) in [5.74, 6) is 9.19. The number of carbonyl (C=O) groups excluding carboxylic acids is 14. The number of nitrogen functional groups attached to an aromatic ring is 1. The van der Waals surface area contributed by atoms with E-state index in [4.69, 9.17) is 112 Å². The highest BCUT2D eigenvalue weighted by atomic mass is 35.6. The number of isocyanates is 1. The Bertz CT molecular complexity index is 5030. The fraction of sp³-hybridized carbons (Fsp3) is 0.549. The number of benzene rings is 5. The van der Waals surface area contributed by atoms with Gasteiger partial charge in [-0.1, -0.05) is 195 Å². The SMILES string of the molecule is CCOC(=O)CN(N)C(=O)Nc1ccccc1C(=O)C1CCCCC1.CCOC(=O)CN1N=C(C2CCCCC2)c2ccccc2N(CC(=O)C2CCCC2)C1=O.CCOC(=O)CN1N=C(C2CCCCC2)c2ccccc2NC1=O.CCOC(=O)CN[NH3+].Nc1ccccc1C(=O)C1CCCCC1.O=C(CCl)C1CCCC1.O=C(OC(Cl)(Cl)Cl)OC(Cl)(Cl)Cl.O=C=Nc1ccccc1C(=O)C1CCCCC1.[Cl-]. The molecule has 7 saturated carbocycles. The van der Waals surface area contributed by atoms with Gasteiger partial charge in [-0.15, -0.1) is 11.6 Å². The van der Waals surface area contributed by atoms with Gasteiger partial charge in [0.15, 0.2) is 28.9 Å². The number of amides is 6. The summed E-state index contributed by atoms with van der Waals surface area (Å²) in [6.07, 6.45) is 35.9. The minimum absolute atomic E-state index is 0. The van der Waals surface area contributed by atoms with Crippen molar-refractivity contribution < 1.29 is 114 Å². The quantitative estimate of drug-likeness (QED) is 0.00272. The van der Waals surface area contributed by atoms with Crippen LogP contribution in [-0.4, -0.2) is 183 Å². The number of anilines is 4. The first-order chi connectivity index (χ1) is 68.2. The lowest BCUT2D eigenvalue weighted by molar-refractivity contribution is -0.440. The third-order valence-corrected chi connectivity index (χ3v) is 25.8. The number of alkyl halides is 7. The van der Waals surface area contributed by atoms with Crippen molar-refractivity contribution in [1.29, 1.82) is 0 Å². The Morgan fingerprint density at radius 2 is 0.860 bits per heavy atom. The first-order valence-corrected chi connectivity index (χ1v) is 51.9. The lowest BCUT2D eigenvalue weighted by Crippen LogP contribution is -3.00. The van der Waals surface area contributed by atoms with E-state index in [0.29, 0.717) is 57.9 Å². The van der Waals surface area contributed by atoms with Gasteiger partial charge in [-0.3, -0.25) is 58.9 Å². The number of rotatable bonds is 27. The molecule has 9 aliphatic rings. The second-order valence-corrected chi connectivity index (χ2v) is 39.8. The number of urea groups is 3. The molecule has 5 aromatic rings. The Morgan fingerprint density at radius 3 is 1.34 bits per heavy atom. The maximum absolute atomic E-state index is 13.6. The van der Waals surface area contributed by atoms with E-state index in [9.17, 15) is 67.1 Å². The summed E-state index contributed by atoms with van der Waals surface area (Å²) in [4.78, 5) is 171. The molecule has 0 radical (unpaired) electrons. The minimum atomic E-state index is -2.24. The van der Waals surface area contributed by atoms with Gasteiger partial charge in [-0.2, -0.15) is 20.6 Å². The van der Waals surface area contributed by atoms with Crippen LogP contribution in [0.3, 0.4) is 0 Å². The van der Waals surface area contributed by atoms with Crippen LogP contribution in [0.25, 0.3) is 0 Å². The van der Waals surface area contributed by atoms with Crippen molar-refractivity contribution in [3.05, 3.63) is 149 Å². The zero-order chi connectivity index (χ0) is 104. The van der Waals surface area contributed by atoms with Gasteiger partial charge in [0.25, 0.3) is 0 Å². The number of esters is 4. The van der Waals surface area contributed by atoms with Gasteiger partial charge in [0.1, 0.15) is 26.2 Å². The predicted molar refractivity (Wildman–Crippen MR) is 549 cm³/mol. The molecule has 143 heavy (non-hydrogen) atoms. The van der Waals surface area contributed by atoms with E-state index < -0.39 is 50.1 Å². The summed E-state index contributed by atoms with van der Waals surface area (Å²) in [5.41, 5.74) is 16.5. The Morgan fingerprint density at radius 1 is 0.476 bits per heavy atom. The highest BCUT2D eigenvalue weighted by Gasteiger charge is 2.39. The Labute approximate surface area is 877 Å². The molecule has 0 saturated heterocycles. The molecule has 7 fully saturated rings. The predicted octanol–water partition coefficient (Wildman–Crippen LogP) is 18.2. The number of fused-ring (bicyclic) bond motifs is 2. The number of quaternary nitrogens is 1. The standard InChI is InChI=1S/C25H33N3O4.C18H25N3O4.C18H23N3O3.C14H15NO2.C13H17NO.C7H11ClO.C4H10N2O2.C3Cl6O3.ClH/c1-2-32-23(30)17-28-25(31)27(16-22(29)18-10-6-7-11-18)21-15-9-8-14-20(21)24(26-28)19-12-4-3-5-13-19;1-2-25-16(22)12-21(19)18(24)20-15-11-7-6-10-14(15)17(23)13-8-4-3-5-9-13;1-2-24-16(22)12-21-18(23)19-15-11-7-6-10-14(15)17(20-21)13-8-4-3-5-9-13;16-10-15-13-9-5-4-8-12(13)14(17)11-6-2-1-3-7-11;14-12-9-5-4-8-11(12)13(15)10-6-2-1-3-7-10;8-5-7(9)6-3-1-2-4-6;1-2-8-4(7)3-6-5;4-2(5,6)11-1(10)12-3(7,8)9;/h8-9,14-15,18-19H,2-7,10-13,16-17H2,1H3;6-7,10-11,13H,2-5,8-9,12,19H2,1H3,(H,20,24);6-7,10-11,13H,2-5,8-9,12H2,1H3,(H,19,23);4-5,8-9,11H,1-3,6-7H2;4-5,8-10H,1-3,6-7,14H2;6H,1-5H2;6H,2-3,5H2,1H3;;1H. The molecule has 5 aromatic carbocycles. The summed E-state index contributed by atoms with van der Waals surface area (Å²) >= 11 is 35.6. The number of Topliss-reactive ketones (excluding diaryl/α,β-unsaturated/α-hetero) is 5. The number of nitrogens with zero attached hydrogens (tertiary/aromatic N) is 7. The highest BCUT2D eigenvalue weighted by molar-refractivity contribution is 6.67. The number of nitrogens with two attached hydrogens (primary N) is 2. The van der Waals surface area contributed by atoms with Crippen molar-refractivity contribution >= 4 is 204 Å². The van der Waals surface area contributed by atoms with Crippen molar-refractivity contribution in [3.8, 4) is 0 Å². The molecule has 0 bridgehead atoms. The molecule has 2 heterocycles. The van der Waals surface area contributed by atoms with E-state index in [0.717, 1.165) is 181 Å². The fourth-order valence-electron chi connectivity index (χ4n) is 18.1. The van der Waals surface area contributed by atoms with E-state index in [1.54, 1.807) is 82.3 Å². The molecule has 14 rings (SSSR count). The number of nitrogens with one attached hydrogen (secondary N) is 3. The Balaban J connectivity index is 0.000000259. The van der Waals surface area contributed by atoms with Crippen LogP contribution < -0.4 is 50.8 Å². The first kappa shape index (κ1) is 122. The van der Waals surface area contributed by atoms with Crippen molar-refractivity contribution in [2.24, 2.45) is 62.5 Å². The summed E-state index contributed by atoms with van der Waals surface area (Å²) in [5, 5.41) is 17.9. The van der Waals surface area contributed by atoms with E-state index in [2.05, 4.69) is 46.2 Å². The maximum Gasteiger partial charge on any atom is 0.515 e. The molecule has 6 amide bonds. The lowest BCUT2D eigenvalue weighted by atomic mass is 9.83. The average molecular weight is 2150 g/mol. The topological polar surface area (TPSA) is 460 Å². The Kier molecular flexibility index (Phi) is 55.9. The summed E-state index contributed by atoms with van der Waals surface area (Å²) in [6, 6.07) is 35.1. The molecule has 0 spiro atoms. The molecular weight excluding hydrogens is 2010 g/mol. The fourth-order valence-corrected chi connectivity index (χ4v) is 18.7. The van der Waals surface area contributed by atoms with Crippen LogP contribution in [0.15, 0.2) is 137 Å². The molecular formula is C102H135Cl8N13O20. The summed E-state index contributed by atoms with van der Waals surface area (Å²) in [6.45, 7) is 7.49. The molecule has 0 atom stereocenters. The monoisotopic (exact) mass is 2140 g/mol. The summed E-state index contributed by atoms with van der Waals surface area (Å²) < 4.78 is 22.9. The van der Waals surface area contributed by atoms with Crippen molar-refractivity contribution in [2.75, 3.05) is 86.3 Å². The largest absolute Gasteiger partial charge is 1.00 e. The molecule has 33 nitrogen and oxygen atoms in total. The van der Waals surface area contributed by atoms with Crippen molar-refractivity contribution in [3.63, 3.8) is 0 Å². The van der Waals surface area contributed by atoms with Crippen LogP contribution in [0.4, 0.5) is 47.6 Å². The highest BCUT2D eigenvalue weighted by Crippen LogP contribution is 2.40. The maximum atomic E-state index is 13.6. The van der Waals surface area contributed by atoms with Crippen LogP contribution in [-0.2, 0) is 62.0 Å². The van der Waals surface area contributed by atoms with Crippen LogP contribution in [0.2, 0.25) is 0 Å². The van der Waals surface area contributed by atoms with E-state index in [1.807, 2.05) is 66.7 Å². The van der Waals surface area contributed by atoms with Crippen LogP contribution >= 0.6 is 81.2 Å². The van der Waals surface area contributed by atoms with Gasteiger partial charge in [0.2, 0.25) is 6.08 Å². The zero-order valence-corrected chi connectivity index (χ0v) is 87.7. The summed E-state index contributed by atoms with van der Waals surface area (Å²) in [7, 11) is 0. The number of aliphatic imine (C=N–C) groups is 1. The van der Waals surface area contributed by atoms with Gasteiger partial charge in [0, 0.05) is 74.9 Å². The van der Waals surface area contributed by atoms with Crippen molar-refractivity contribution in [2.45, 2.75) is 248 Å². The molecule has 10 N–H and O–H groups in total. The number of para-hydroxylation sites is 5. The number of ketones is 5. The molecule has 784 valence electrons.